The lowest BCUT2D eigenvalue weighted by molar-refractivity contribution is -0.905. The highest BCUT2D eigenvalue weighted by Crippen LogP contribution is 2.47. The Morgan fingerprint density at radius 2 is 1.90 bits per heavy atom. The summed E-state index contributed by atoms with van der Waals surface area (Å²) in [6.45, 7) is 1.13. The van der Waals surface area contributed by atoms with Crippen molar-refractivity contribution in [3.8, 4) is 34.8 Å². The van der Waals surface area contributed by atoms with Crippen LogP contribution in [-0.2, 0) is 16.0 Å². The smallest absolute Gasteiger partial charge is 0.333 e. The van der Waals surface area contributed by atoms with Gasteiger partial charge in [-0.05, 0) is 41.8 Å². The molecule has 3 heterocycles. The zero-order valence-electron chi connectivity index (χ0n) is 21.9. The molecule has 0 aromatic heterocycles. The van der Waals surface area contributed by atoms with Gasteiger partial charge in [0.25, 0.3) is 11.8 Å². The van der Waals surface area contributed by atoms with E-state index in [2.05, 4.69) is 34.8 Å². The lowest BCUT2D eigenvalue weighted by Gasteiger charge is -2.30. The van der Waals surface area contributed by atoms with E-state index in [1.165, 1.54) is 25.1 Å². The first kappa shape index (κ1) is 26.6. The fraction of sp³-hybridized carbons (Fsp3) is 0.321. The largest absolute Gasteiger partial charge is 0.492 e. The summed E-state index contributed by atoms with van der Waals surface area (Å²) >= 11 is 3.42. The van der Waals surface area contributed by atoms with Gasteiger partial charge < -0.3 is 23.8 Å². The lowest BCUT2D eigenvalue weighted by atomic mass is 9.91. The van der Waals surface area contributed by atoms with Gasteiger partial charge in [0.2, 0.25) is 12.5 Å². The van der Waals surface area contributed by atoms with E-state index in [1.807, 2.05) is 6.07 Å². The van der Waals surface area contributed by atoms with E-state index in [9.17, 15) is 14.4 Å². The number of nitrogens with zero attached hydrogens (tertiary/aromatic N) is 2. The van der Waals surface area contributed by atoms with Crippen LogP contribution in [0.2, 0.25) is 0 Å². The highest BCUT2D eigenvalue weighted by Gasteiger charge is 2.38. The van der Waals surface area contributed by atoms with Crippen LogP contribution in [0, 0.1) is 11.8 Å². The third-order valence-corrected chi connectivity index (χ3v) is 7.47. The molecule has 2 aromatic rings. The third kappa shape index (κ3) is 4.82. The second-order valence-corrected chi connectivity index (χ2v) is 10.3. The maximum Gasteiger partial charge on any atom is 0.333 e. The van der Waals surface area contributed by atoms with Crippen molar-refractivity contribution in [2.75, 3.05) is 48.2 Å². The number of methoxy groups -OCH3 is 1. The molecule has 3 aliphatic rings. The fourth-order valence-corrected chi connectivity index (χ4v) is 5.25. The maximum atomic E-state index is 12.7. The van der Waals surface area contributed by atoms with Gasteiger partial charge in [0.15, 0.2) is 17.5 Å². The number of rotatable bonds is 4. The number of urea groups is 1. The van der Waals surface area contributed by atoms with Crippen molar-refractivity contribution in [2.24, 2.45) is 0 Å². The van der Waals surface area contributed by atoms with E-state index in [0.717, 1.165) is 38.4 Å². The number of imide groups is 2. The summed E-state index contributed by atoms with van der Waals surface area (Å²) in [4.78, 5) is 40.4. The van der Waals surface area contributed by atoms with Gasteiger partial charge >= 0.3 is 6.03 Å². The molecule has 4 amide bonds. The Hall–Kier alpha value is -4.01. The molecule has 1 fully saturated rings. The number of likely N-dealkylation sites (N-methyl/N-ethyl adjacent to an activating group) is 3. The van der Waals surface area contributed by atoms with Gasteiger partial charge in [-0.2, -0.15) is 0 Å². The van der Waals surface area contributed by atoms with E-state index in [0.29, 0.717) is 28.6 Å². The monoisotopic (exact) mass is 596 g/mol. The first-order chi connectivity index (χ1) is 18.7. The minimum atomic E-state index is -0.680. The Balaban J connectivity index is 1.40. The molecule has 3 aliphatic heterocycles. The first-order valence-electron chi connectivity index (χ1n) is 12.3. The summed E-state index contributed by atoms with van der Waals surface area (Å²) in [5.41, 5.74) is 2.48. The Bertz CT molecular complexity index is 1450. The maximum absolute atomic E-state index is 12.7. The molecular weight excluding hydrogens is 570 g/mol. The lowest BCUT2D eigenvalue weighted by Crippen LogP contribution is -3.10. The van der Waals surface area contributed by atoms with Crippen molar-refractivity contribution < 1.29 is 38.2 Å². The molecule has 5 rings (SSSR count). The first-order valence-corrected chi connectivity index (χ1v) is 13.0. The van der Waals surface area contributed by atoms with Crippen molar-refractivity contribution in [3.05, 3.63) is 51.0 Å². The second kappa shape index (κ2) is 10.6. The molecule has 2 unspecified atom stereocenters. The summed E-state index contributed by atoms with van der Waals surface area (Å²) in [6, 6.07) is 6.42. The molecule has 10 nitrogen and oxygen atoms in total. The van der Waals surface area contributed by atoms with Crippen LogP contribution in [0.25, 0.3) is 6.08 Å². The number of carbonyl (C=O) groups is 3. The third-order valence-electron chi connectivity index (χ3n) is 6.98. The second-order valence-electron chi connectivity index (χ2n) is 9.36. The molecule has 0 aliphatic carbocycles. The van der Waals surface area contributed by atoms with Crippen LogP contribution in [0.1, 0.15) is 22.7 Å². The van der Waals surface area contributed by atoms with Gasteiger partial charge in [0.05, 0.1) is 26.3 Å². The van der Waals surface area contributed by atoms with Gasteiger partial charge in [-0.15, -0.1) is 0 Å². The summed E-state index contributed by atoms with van der Waals surface area (Å²) in [5.74, 6) is 7.49. The Kier molecular flexibility index (Phi) is 7.25. The highest BCUT2D eigenvalue weighted by atomic mass is 79.9. The van der Waals surface area contributed by atoms with Crippen molar-refractivity contribution in [1.29, 1.82) is 0 Å². The predicted octanol–water partition coefficient (Wildman–Crippen LogP) is 1.81. The normalized spacial score (nSPS) is 19.9. The van der Waals surface area contributed by atoms with Crippen molar-refractivity contribution in [1.82, 2.24) is 9.80 Å². The number of quaternary nitrogens is 1. The minimum Gasteiger partial charge on any atom is -0.492 e. The van der Waals surface area contributed by atoms with Crippen LogP contribution in [0.4, 0.5) is 4.79 Å². The summed E-state index contributed by atoms with van der Waals surface area (Å²) < 4.78 is 23.7. The van der Waals surface area contributed by atoms with E-state index >= 15 is 0 Å². The van der Waals surface area contributed by atoms with Gasteiger partial charge in [-0.3, -0.25) is 19.4 Å². The number of barbiturate groups is 1. The van der Waals surface area contributed by atoms with Crippen LogP contribution in [0.5, 0.6) is 23.0 Å². The topological polar surface area (TPSA) is 99.1 Å². The number of benzene rings is 2. The number of ether oxygens (including phenoxy) is 4. The van der Waals surface area contributed by atoms with Crippen LogP contribution in [0.15, 0.2) is 34.3 Å². The predicted molar refractivity (Wildman–Crippen MR) is 144 cm³/mol. The van der Waals surface area contributed by atoms with Gasteiger partial charge in [-0.1, -0.05) is 21.9 Å². The molecule has 2 aromatic carbocycles. The number of hydrogen-bond acceptors (Lipinski definition) is 7. The summed E-state index contributed by atoms with van der Waals surface area (Å²) in [6.07, 6.45) is 2.30. The number of hydrogen-bond donors (Lipinski definition) is 1. The fourth-order valence-electron chi connectivity index (χ4n) is 4.87. The molecule has 0 bridgehead atoms. The summed E-state index contributed by atoms with van der Waals surface area (Å²) in [5, 5.41) is 0. The number of fused-ring (bicyclic) bond motifs is 2. The number of nitrogens with one attached hydrogen (secondary N) is 1. The van der Waals surface area contributed by atoms with Crippen LogP contribution < -0.4 is 23.8 Å². The van der Waals surface area contributed by atoms with E-state index in [-0.39, 0.29) is 25.0 Å². The SMILES string of the molecule is COc1c2c(cc3c1C(C#CCOc1ccc(Br)cc1C=C1C(=O)N(C)C(=O)N(C)C1=O)[NH+](C)CC3)OCO2. The molecular formula is C28H27BrN3O7+. The van der Waals surface area contributed by atoms with Crippen molar-refractivity contribution in [3.63, 3.8) is 0 Å². The molecule has 0 saturated carbocycles. The van der Waals surface area contributed by atoms with Crippen molar-refractivity contribution in [2.45, 2.75) is 12.5 Å². The van der Waals surface area contributed by atoms with Gasteiger partial charge in [0.1, 0.15) is 17.9 Å². The van der Waals surface area contributed by atoms with Crippen molar-refractivity contribution >= 4 is 39.9 Å². The number of carbonyl (C=O) groups excluding carboxylic acids is 3. The number of amides is 4. The molecule has 0 radical (unpaired) electrons. The molecule has 1 saturated heterocycles. The molecule has 1 N–H and O–H groups in total. The zero-order valence-corrected chi connectivity index (χ0v) is 23.5. The average molecular weight is 597 g/mol. The summed E-state index contributed by atoms with van der Waals surface area (Å²) in [7, 11) is 6.37. The molecule has 0 spiro atoms. The quantitative estimate of drug-likeness (QED) is 0.326. The van der Waals surface area contributed by atoms with E-state index in [1.54, 1.807) is 25.3 Å². The highest BCUT2D eigenvalue weighted by molar-refractivity contribution is 9.10. The minimum absolute atomic E-state index is 0.0734. The van der Waals surface area contributed by atoms with Gasteiger partial charge in [-0.25, -0.2) is 4.79 Å². The Morgan fingerprint density at radius 1 is 1.15 bits per heavy atom. The van der Waals surface area contributed by atoms with Crippen LogP contribution >= 0.6 is 15.9 Å². The van der Waals surface area contributed by atoms with Crippen LogP contribution in [0.3, 0.4) is 0 Å². The standard InChI is InChI=1S/C28H26BrN3O7/c1-30-10-9-16-14-22-24(39-15-38-22)25(36-4)23(16)20(30)6-5-11-37-21-8-7-18(29)12-17(21)13-19-26(33)31(2)28(35)32(3)27(19)34/h7-8,12-14,20H,9-11,15H2,1-4H3/p+1. The molecule has 2 atom stereocenters. The van der Waals surface area contributed by atoms with Gasteiger partial charge in [0, 0.05) is 30.6 Å². The van der Waals surface area contributed by atoms with E-state index in [4.69, 9.17) is 18.9 Å². The van der Waals surface area contributed by atoms with Crippen LogP contribution in [-0.4, -0.2) is 75.8 Å². The van der Waals surface area contributed by atoms with E-state index < -0.39 is 17.8 Å². The molecule has 202 valence electrons. The Labute approximate surface area is 234 Å². The Morgan fingerprint density at radius 3 is 2.62 bits per heavy atom. The average Bonchev–Trinajstić information content (AvgIpc) is 3.40. The number of halogens is 1. The zero-order chi connectivity index (χ0) is 27.8. The molecule has 11 heteroatoms. The molecule has 39 heavy (non-hydrogen) atoms.